The zero-order valence-corrected chi connectivity index (χ0v) is 13.6. The normalized spacial score (nSPS) is 13.0. The number of carbonyl (C=O) groups excluding carboxylic acids is 2. The second kappa shape index (κ2) is 6.40. The second-order valence-corrected chi connectivity index (χ2v) is 5.89. The predicted molar refractivity (Wildman–Crippen MR) is 97.8 cm³/mol. The third-order valence-corrected chi connectivity index (χ3v) is 4.25. The molecule has 3 aromatic rings. The third kappa shape index (κ3) is 2.71. The molecule has 0 radical (unpaired) electrons. The number of nitrogens with zero attached hydrogens (tertiary/aromatic N) is 2. The van der Waals surface area contributed by atoms with Crippen molar-refractivity contribution in [3.63, 3.8) is 0 Å². The number of hydrogen-bond acceptors (Lipinski definition) is 3. The number of nitrogens with one attached hydrogen (secondary N) is 1. The molecule has 128 valence electrons. The van der Waals surface area contributed by atoms with Gasteiger partial charge in [0, 0.05) is 16.5 Å². The first kappa shape index (κ1) is 16.0. The Kier molecular flexibility index (Phi) is 3.93. The number of rotatable bonds is 4. The van der Waals surface area contributed by atoms with Crippen LogP contribution in [0.15, 0.2) is 65.8 Å². The SMILES string of the molecule is O=C(CN1C(=O)c2cccc3cccc1c23)N/N=C/c1ccccc1F. The van der Waals surface area contributed by atoms with Gasteiger partial charge in [0.15, 0.2) is 0 Å². The van der Waals surface area contributed by atoms with Gasteiger partial charge in [0.2, 0.25) is 0 Å². The maximum atomic E-state index is 13.5. The maximum Gasteiger partial charge on any atom is 0.260 e. The van der Waals surface area contributed by atoms with Crippen LogP contribution in [0, 0.1) is 5.82 Å². The highest BCUT2D eigenvalue weighted by Gasteiger charge is 2.30. The van der Waals surface area contributed by atoms with E-state index in [0.717, 1.165) is 10.8 Å². The number of amides is 2. The Morgan fingerprint density at radius 3 is 2.65 bits per heavy atom. The first-order valence-corrected chi connectivity index (χ1v) is 8.05. The molecule has 6 heteroatoms. The van der Waals surface area contributed by atoms with Gasteiger partial charge in [0.05, 0.1) is 11.9 Å². The summed E-state index contributed by atoms with van der Waals surface area (Å²) in [6, 6.07) is 17.2. The maximum absolute atomic E-state index is 13.5. The first-order valence-electron chi connectivity index (χ1n) is 8.05. The predicted octanol–water partition coefficient (Wildman–Crippen LogP) is 3.09. The van der Waals surface area contributed by atoms with Crippen LogP contribution >= 0.6 is 0 Å². The molecular formula is C20H14FN3O2. The molecule has 0 bridgehead atoms. The van der Waals surface area contributed by atoms with Crippen molar-refractivity contribution >= 4 is 34.5 Å². The molecule has 0 aliphatic carbocycles. The minimum Gasteiger partial charge on any atom is -0.298 e. The Balaban J connectivity index is 1.50. The van der Waals surface area contributed by atoms with Crippen molar-refractivity contribution in [2.75, 3.05) is 11.4 Å². The summed E-state index contributed by atoms with van der Waals surface area (Å²) in [5.41, 5.74) is 3.89. The Hall–Kier alpha value is -3.54. The van der Waals surface area contributed by atoms with E-state index in [9.17, 15) is 14.0 Å². The summed E-state index contributed by atoms with van der Waals surface area (Å²) in [7, 11) is 0. The average Bonchev–Trinajstić information content (AvgIpc) is 2.91. The number of carbonyl (C=O) groups is 2. The van der Waals surface area contributed by atoms with Crippen molar-refractivity contribution in [1.29, 1.82) is 0 Å². The van der Waals surface area contributed by atoms with Gasteiger partial charge in [-0.1, -0.05) is 42.5 Å². The van der Waals surface area contributed by atoms with E-state index < -0.39 is 11.7 Å². The highest BCUT2D eigenvalue weighted by molar-refractivity contribution is 6.26. The van der Waals surface area contributed by atoms with Gasteiger partial charge in [-0.2, -0.15) is 5.10 Å². The van der Waals surface area contributed by atoms with Gasteiger partial charge in [0.25, 0.3) is 11.8 Å². The molecular weight excluding hydrogens is 333 g/mol. The van der Waals surface area contributed by atoms with Crippen LogP contribution in [0.4, 0.5) is 10.1 Å². The fraction of sp³-hybridized carbons (Fsp3) is 0.0500. The zero-order chi connectivity index (χ0) is 18.1. The fourth-order valence-electron chi connectivity index (χ4n) is 3.07. The largest absolute Gasteiger partial charge is 0.298 e. The van der Waals surface area contributed by atoms with E-state index in [4.69, 9.17) is 0 Å². The lowest BCUT2D eigenvalue weighted by Crippen LogP contribution is -2.37. The van der Waals surface area contributed by atoms with Crippen LogP contribution in [0.3, 0.4) is 0 Å². The number of anilines is 1. The minimum absolute atomic E-state index is 0.165. The van der Waals surface area contributed by atoms with Gasteiger partial charge in [-0.05, 0) is 23.6 Å². The van der Waals surface area contributed by atoms with Gasteiger partial charge < -0.3 is 0 Å². The van der Waals surface area contributed by atoms with Gasteiger partial charge in [-0.3, -0.25) is 14.5 Å². The summed E-state index contributed by atoms with van der Waals surface area (Å²) in [6.07, 6.45) is 1.23. The average molecular weight is 347 g/mol. The molecule has 1 aliphatic heterocycles. The lowest BCUT2D eigenvalue weighted by Gasteiger charge is -2.16. The topological polar surface area (TPSA) is 61.8 Å². The molecule has 0 fully saturated rings. The van der Waals surface area contributed by atoms with Crippen LogP contribution in [-0.4, -0.2) is 24.6 Å². The van der Waals surface area contributed by atoms with Crippen molar-refractivity contribution in [1.82, 2.24) is 5.43 Å². The molecule has 0 saturated heterocycles. The molecule has 5 nitrogen and oxygen atoms in total. The number of hydrazone groups is 1. The molecule has 3 aromatic carbocycles. The van der Waals surface area contributed by atoms with Crippen molar-refractivity contribution in [2.45, 2.75) is 0 Å². The Labute approximate surface area is 148 Å². The molecule has 26 heavy (non-hydrogen) atoms. The molecule has 1 N–H and O–H groups in total. The Morgan fingerprint density at radius 2 is 1.85 bits per heavy atom. The van der Waals surface area contributed by atoms with Gasteiger partial charge in [-0.15, -0.1) is 0 Å². The fourth-order valence-corrected chi connectivity index (χ4v) is 3.07. The van der Waals surface area contributed by atoms with E-state index >= 15 is 0 Å². The Morgan fingerprint density at radius 1 is 1.08 bits per heavy atom. The van der Waals surface area contributed by atoms with Crippen LogP contribution in [0.1, 0.15) is 15.9 Å². The summed E-state index contributed by atoms with van der Waals surface area (Å²) in [4.78, 5) is 26.2. The second-order valence-electron chi connectivity index (χ2n) is 5.89. The number of benzene rings is 3. The van der Waals surface area contributed by atoms with E-state index in [1.165, 1.54) is 17.2 Å². The summed E-state index contributed by atoms with van der Waals surface area (Å²) in [5.74, 6) is -1.11. The monoisotopic (exact) mass is 347 g/mol. The Bertz CT molecular complexity index is 1060. The molecule has 2 amide bonds. The quantitative estimate of drug-likeness (QED) is 0.582. The van der Waals surface area contributed by atoms with Crippen LogP contribution in [-0.2, 0) is 4.79 Å². The van der Waals surface area contributed by atoms with Gasteiger partial charge in [0.1, 0.15) is 12.4 Å². The van der Waals surface area contributed by atoms with E-state index in [1.807, 2.05) is 30.3 Å². The van der Waals surface area contributed by atoms with Crippen LogP contribution in [0.5, 0.6) is 0 Å². The molecule has 0 spiro atoms. The van der Waals surface area contributed by atoms with E-state index in [0.29, 0.717) is 11.3 Å². The molecule has 4 rings (SSSR count). The van der Waals surface area contributed by atoms with Crippen molar-refractivity contribution < 1.29 is 14.0 Å². The van der Waals surface area contributed by atoms with E-state index in [1.54, 1.807) is 24.3 Å². The van der Waals surface area contributed by atoms with Crippen molar-refractivity contribution in [2.24, 2.45) is 5.10 Å². The third-order valence-electron chi connectivity index (χ3n) is 4.25. The molecule has 0 saturated carbocycles. The molecule has 0 aromatic heterocycles. The van der Waals surface area contributed by atoms with Crippen LogP contribution in [0.2, 0.25) is 0 Å². The molecule has 0 unspecified atom stereocenters. The summed E-state index contributed by atoms with van der Waals surface area (Å²) < 4.78 is 13.5. The standard InChI is InChI=1S/C20H14FN3O2/c21-16-9-2-1-5-14(16)11-22-23-18(25)12-24-17-10-4-7-13-6-3-8-15(19(13)17)20(24)26/h1-11H,12H2,(H,23,25)/b22-11+. The van der Waals surface area contributed by atoms with Crippen molar-refractivity contribution in [3.8, 4) is 0 Å². The number of hydrogen-bond donors (Lipinski definition) is 1. The molecule has 1 heterocycles. The lowest BCUT2D eigenvalue weighted by molar-refractivity contribution is -0.119. The number of halogens is 1. The molecule has 0 atom stereocenters. The summed E-state index contributed by atoms with van der Waals surface area (Å²) in [6.45, 7) is -0.165. The van der Waals surface area contributed by atoms with Gasteiger partial charge >= 0.3 is 0 Å². The highest BCUT2D eigenvalue weighted by atomic mass is 19.1. The van der Waals surface area contributed by atoms with E-state index in [2.05, 4.69) is 10.5 Å². The summed E-state index contributed by atoms with van der Waals surface area (Å²) in [5, 5.41) is 5.57. The first-order chi connectivity index (χ1) is 12.6. The lowest BCUT2D eigenvalue weighted by atomic mass is 10.1. The van der Waals surface area contributed by atoms with E-state index in [-0.39, 0.29) is 18.0 Å². The smallest absolute Gasteiger partial charge is 0.260 e. The van der Waals surface area contributed by atoms with Crippen LogP contribution < -0.4 is 10.3 Å². The summed E-state index contributed by atoms with van der Waals surface area (Å²) >= 11 is 0. The minimum atomic E-state index is -0.462. The highest BCUT2D eigenvalue weighted by Crippen LogP contribution is 2.36. The molecule has 1 aliphatic rings. The zero-order valence-electron chi connectivity index (χ0n) is 13.6. The van der Waals surface area contributed by atoms with Gasteiger partial charge in [-0.25, -0.2) is 9.82 Å². The van der Waals surface area contributed by atoms with Crippen molar-refractivity contribution in [3.05, 3.63) is 77.6 Å². The van der Waals surface area contributed by atoms with Crippen LogP contribution in [0.25, 0.3) is 10.8 Å².